The molecule has 1 nitrogen and oxygen atoms in total. The van der Waals surface area contributed by atoms with E-state index in [1.165, 1.54) is 35.6 Å². The van der Waals surface area contributed by atoms with Crippen LogP contribution in [0.4, 0.5) is 0 Å². The fourth-order valence-corrected chi connectivity index (χ4v) is 3.15. The average molecular weight is 249 g/mol. The van der Waals surface area contributed by atoms with E-state index in [9.17, 15) is 0 Å². The number of hydrogen-bond acceptors (Lipinski definition) is 2. The van der Waals surface area contributed by atoms with Crippen LogP contribution in [-0.4, -0.2) is 18.3 Å². The van der Waals surface area contributed by atoms with Gasteiger partial charge in [0.05, 0.1) is 0 Å². The summed E-state index contributed by atoms with van der Waals surface area (Å²) in [4.78, 5) is 1.40. The molecule has 0 spiro atoms. The molecule has 1 aliphatic heterocycles. The average Bonchev–Trinajstić information content (AvgIpc) is 2.78. The number of hydrogen-bond donors (Lipinski definition) is 1. The lowest BCUT2D eigenvalue weighted by atomic mass is 9.87. The van der Waals surface area contributed by atoms with Gasteiger partial charge in [-0.3, -0.25) is 0 Å². The monoisotopic (exact) mass is 249 g/mol. The van der Waals surface area contributed by atoms with E-state index >= 15 is 0 Å². The van der Waals surface area contributed by atoms with Gasteiger partial charge in [-0.05, 0) is 42.5 Å². The van der Waals surface area contributed by atoms with Crippen molar-refractivity contribution in [3.63, 3.8) is 0 Å². The van der Waals surface area contributed by atoms with Gasteiger partial charge in [-0.25, -0.2) is 0 Å². The molecule has 1 atom stereocenters. The second kappa shape index (κ2) is 5.45. The van der Waals surface area contributed by atoms with Crippen molar-refractivity contribution in [2.75, 3.05) is 12.3 Å². The van der Waals surface area contributed by atoms with Crippen molar-refractivity contribution in [3.05, 3.63) is 29.8 Å². The Hall–Kier alpha value is -0.470. The molecule has 94 valence electrons. The minimum atomic E-state index is 0.260. The highest BCUT2D eigenvalue weighted by Gasteiger charge is 2.15. The summed E-state index contributed by atoms with van der Waals surface area (Å²) in [5.41, 5.74) is 1.68. The second-order valence-corrected chi connectivity index (χ2v) is 6.97. The van der Waals surface area contributed by atoms with Crippen molar-refractivity contribution in [2.45, 2.75) is 50.0 Å². The third-order valence-electron chi connectivity index (χ3n) is 3.33. The maximum absolute atomic E-state index is 3.54. The summed E-state index contributed by atoms with van der Waals surface area (Å²) in [6, 6.07) is 9.79. The van der Waals surface area contributed by atoms with Crippen molar-refractivity contribution in [1.29, 1.82) is 0 Å². The molecule has 1 aromatic carbocycles. The van der Waals surface area contributed by atoms with Gasteiger partial charge < -0.3 is 5.32 Å². The number of thioether (sulfide) groups is 1. The maximum atomic E-state index is 3.54. The number of rotatable bonds is 3. The van der Waals surface area contributed by atoms with Gasteiger partial charge in [0.2, 0.25) is 0 Å². The van der Waals surface area contributed by atoms with E-state index in [0.717, 1.165) is 6.04 Å². The summed E-state index contributed by atoms with van der Waals surface area (Å²) < 4.78 is 0. The van der Waals surface area contributed by atoms with Crippen molar-refractivity contribution in [3.8, 4) is 0 Å². The van der Waals surface area contributed by atoms with E-state index in [2.05, 4.69) is 50.4 Å². The van der Waals surface area contributed by atoms with Gasteiger partial charge in [0.15, 0.2) is 0 Å². The molecule has 1 N–H and O–H groups in total. The zero-order valence-corrected chi connectivity index (χ0v) is 11.9. The molecule has 0 aromatic heterocycles. The van der Waals surface area contributed by atoms with Gasteiger partial charge in [-0.1, -0.05) is 32.9 Å². The Morgan fingerprint density at radius 1 is 1.24 bits per heavy atom. The second-order valence-electron chi connectivity index (χ2n) is 5.88. The fourth-order valence-electron chi connectivity index (χ4n) is 2.15. The Bertz CT molecular complexity index is 344. The molecule has 1 aliphatic rings. The molecule has 0 amide bonds. The van der Waals surface area contributed by atoms with Crippen molar-refractivity contribution >= 4 is 11.8 Å². The molecule has 0 bridgehead atoms. The van der Waals surface area contributed by atoms with Gasteiger partial charge in [-0.15, -0.1) is 11.8 Å². The molecule has 1 fully saturated rings. The first-order valence-corrected chi connectivity index (χ1v) is 7.51. The highest BCUT2D eigenvalue weighted by atomic mass is 32.2. The Morgan fingerprint density at radius 3 is 2.47 bits per heavy atom. The molecule has 17 heavy (non-hydrogen) atoms. The molecule has 1 aromatic rings. The Kier molecular flexibility index (Phi) is 4.16. The standard InChI is InChI=1S/C15H23NS/c1-15(2,3)12-6-8-14(9-7-12)17-11-13-5-4-10-16-13/h6-9,13,16H,4-5,10-11H2,1-3H3. The van der Waals surface area contributed by atoms with Crippen molar-refractivity contribution in [1.82, 2.24) is 5.32 Å². The van der Waals surface area contributed by atoms with E-state index in [4.69, 9.17) is 0 Å². The third-order valence-corrected chi connectivity index (χ3v) is 4.51. The first-order chi connectivity index (χ1) is 8.05. The zero-order valence-electron chi connectivity index (χ0n) is 11.1. The summed E-state index contributed by atoms with van der Waals surface area (Å²) in [6.07, 6.45) is 2.68. The highest BCUT2D eigenvalue weighted by molar-refractivity contribution is 7.99. The molecule has 1 unspecified atom stereocenters. The fraction of sp³-hybridized carbons (Fsp3) is 0.600. The SMILES string of the molecule is CC(C)(C)c1ccc(SCC2CCCN2)cc1. The third kappa shape index (κ3) is 3.75. The van der Waals surface area contributed by atoms with Gasteiger partial charge in [0.1, 0.15) is 0 Å². The van der Waals surface area contributed by atoms with Crippen LogP contribution in [0.15, 0.2) is 29.2 Å². The van der Waals surface area contributed by atoms with Crippen LogP contribution < -0.4 is 5.32 Å². The van der Waals surface area contributed by atoms with Crippen LogP contribution in [-0.2, 0) is 5.41 Å². The lowest BCUT2D eigenvalue weighted by Gasteiger charge is -2.19. The molecule has 0 aliphatic carbocycles. The Balaban J connectivity index is 1.89. The van der Waals surface area contributed by atoms with Crippen LogP contribution in [0.5, 0.6) is 0 Å². The molecular weight excluding hydrogens is 226 g/mol. The minimum Gasteiger partial charge on any atom is -0.313 e. The van der Waals surface area contributed by atoms with E-state index < -0.39 is 0 Å². The molecular formula is C15H23NS. The van der Waals surface area contributed by atoms with Crippen LogP contribution in [0.3, 0.4) is 0 Å². The summed E-state index contributed by atoms with van der Waals surface area (Å²) in [5, 5.41) is 3.54. The Morgan fingerprint density at radius 2 is 1.94 bits per heavy atom. The lowest BCUT2D eigenvalue weighted by molar-refractivity contribution is 0.589. The summed E-state index contributed by atoms with van der Waals surface area (Å²) in [6.45, 7) is 7.99. The number of nitrogens with one attached hydrogen (secondary N) is 1. The van der Waals surface area contributed by atoms with E-state index in [1.54, 1.807) is 0 Å². The lowest BCUT2D eigenvalue weighted by Crippen LogP contribution is -2.23. The summed E-state index contributed by atoms with van der Waals surface area (Å²) in [5.74, 6) is 1.20. The van der Waals surface area contributed by atoms with Gasteiger partial charge >= 0.3 is 0 Å². The van der Waals surface area contributed by atoms with Gasteiger partial charge in [-0.2, -0.15) is 0 Å². The quantitative estimate of drug-likeness (QED) is 0.817. The highest BCUT2D eigenvalue weighted by Crippen LogP contribution is 2.26. The predicted octanol–water partition coefficient (Wildman–Crippen LogP) is 3.83. The molecule has 1 heterocycles. The number of benzene rings is 1. The van der Waals surface area contributed by atoms with E-state index in [-0.39, 0.29) is 5.41 Å². The van der Waals surface area contributed by atoms with Crippen LogP contribution >= 0.6 is 11.8 Å². The van der Waals surface area contributed by atoms with Crippen LogP contribution in [0.25, 0.3) is 0 Å². The van der Waals surface area contributed by atoms with Crippen LogP contribution in [0.2, 0.25) is 0 Å². The first-order valence-electron chi connectivity index (χ1n) is 6.52. The molecule has 0 radical (unpaired) electrons. The molecule has 1 saturated heterocycles. The molecule has 2 rings (SSSR count). The zero-order chi connectivity index (χ0) is 12.3. The topological polar surface area (TPSA) is 12.0 Å². The normalized spacial score (nSPS) is 20.8. The Labute approximate surface area is 109 Å². The minimum absolute atomic E-state index is 0.260. The van der Waals surface area contributed by atoms with Gasteiger partial charge in [0, 0.05) is 16.7 Å². The largest absolute Gasteiger partial charge is 0.313 e. The maximum Gasteiger partial charge on any atom is 0.0162 e. The molecule has 0 saturated carbocycles. The summed E-state index contributed by atoms with van der Waals surface area (Å²) in [7, 11) is 0. The predicted molar refractivity (Wildman–Crippen MR) is 76.9 cm³/mol. The summed E-state index contributed by atoms with van der Waals surface area (Å²) >= 11 is 1.97. The van der Waals surface area contributed by atoms with Crippen molar-refractivity contribution in [2.24, 2.45) is 0 Å². The van der Waals surface area contributed by atoms with Gasteiger partial charge in [0.25, 0.3) is 0 Å². The smallest absolute Gasteiger partial charge is 0.0162 e. The van der Waals surface area contributed by atoms with Crippen molar-refractivity contribution < 1.29 is 0 Å². The first kappa shape index (κ1) is 13.0. The van der Waals surface area contributed by atoms with E-state index in [0.29, 0.717) is 0 Å². The van der Waals surface area contributed by atoms with Crippen LogP contribution in [0, 0.1) is 0 Å². The van der Waals surface area contributed by atoms with E-state index in [1.807, 2.05) is 11.8 Å². The van der Waals surface area contributed by atoms with Crippen LogP contribution in [0.1, 0.15) is 39.2 Å². The molecule has 2 heteroatoms.